The van der Waals surface area contributed by atoms with Crippen molar-refractivity contribution in [3.05, 3.63) is 20.7 Å². The van der Waals surface area contributed by atoms with Crippen molar-refractivity contribution in [3.63, 3.8) is 0 Å². The van der Waals surface area contributed by atoms with Crippen LogP contribution in [-0.2, 0) is 7.05 Å². The van der Waals surface area contributed by atoms with Gasteiger partial charge in [-0.1, -0.05) is 0 Å². The first kappa shape index (κ1) is 14.7. The number of aromatic nitrogens is 4. The Kier molecular flexibility index (Phi) is 3.90. The standard InChI is InChI=1S/C15H20IN5/c1-5-17-15-12(16)13(10-6-7-10)18-14(19-15)11-8(2)20-21(4)9(11)3/h10H,5-7H2,1-4H3,(H,17,18,19). The molecule has 2 aromatic rings. The van der Waals surface area contributed by atoms with E-state index in [4.69, 9.17) is 9.97 Å². The van der Waals surface area contributed by atoms with Crippen molar-refractivity contribution in [1.29, 1.82) is 0 Å². The molecule has 1 aliphatic rings. The van der Waals surface area contributed by atoms with Gasteiger partial charge in [-0.05, 0) is 56.2 Å². The molecule has 0 aliphatic heterocycles. The van der Waals surface area contributed by atoms with E-state index < -0.39 is 0 Å². The summed E-state index contributed by atoms with van der Waals surface area (Å²) in [6.07, 6.45) is 2.48. The third-order valence-electron chi connectivity index (χ3n) is 3.92. The van der Waals surface area contributed by atoms with Gasteiger partial charge in [0.05, 0.1) is 20.5 Å². The van der Waals surface area contributed by atoms with Gasteiger partial charge in [0.15, 0.2) is 5.82 Å². The molecule has 0 aromatic carbocycles. The lowest BCUT2D eigenvalue weighted by atomic mass is 10.1. The third kappa shape index (κ3) is 2.65. The van der Waals surface area contributed by atoms with Crippen LogP contribution < -0.4 is 5.32 Å². The van der Waals surface area contributed by atoms with Crippen LogP contribution in [0.3, 0.4) is 0 Å². The van der Waals surface area contributed by atoms with Gasteiger partial charge in [0.2, 0.25) is 0 Å². The van der Waals surface area contributed by atoms with Crippen molar-refractivity contribution in [1.82, 2.24) is 19.7 Å². The lowest BCUT2D eigenvalue weighted by molar-refractivity contribution is 0.731. The zero-order chi connectivity index (χ0) is 15.1. The maximum atomic E-state index is 4.87. The Labute approximate surface area is 138 Å². The molecule has 5 nitrogen and oxygen atoms in total. The molecule has 6 heteroatoms. The zero-order valence-corrected chi connectivity index (χ0v) is 15.0. The van der Waals surface area contributed by atoms with Crippen LogP contribution in [0.4, 0.5) is 5.82 Å². The summed E-state index contributed by atoms with van der Waals surface area (Å²) in [6, 6.07) is 0. The van der Waals surface area contributed by atoms with Crippen LogP contribution >= 0.6 is 22.6 Å². The summed E-state index contributed by atoms with van der Waals surface area (Å²) in [7, 11) is 1.96. The van der Waals surface area contributed by atoms with E-state index >= 15 is 0 Å². The first-order valence-corrected chi connectivity index (χ1v) is 8.42. The Hall–Kier alpha value is -1.18. The van der Waals surface area contributed by atoms with Crippen LogP contribution in [-0.4, -0.2) is 26.3 Å². The summed E-state index contributed by atoms with van der Waals surface area (Å²) in [5.41, 5.74) is 4.35. The quantitative estimate of drug-likeness (QED) is 0.804. The molecule has 0 amide bonds. The summed E-state index contributed by atoms with van der Waals surface area (Å²) >= 11 is 2.37. The maximum Gasteiger partial charge on any atom is 0.165 e. The van der Waals surface area contributed by atoms with Gasteiger partial charge in [-0.25, -0.2) is 9.97 Å². The highest BCUT2D eigenvalue weighted by atomic mass is 127. The monoisotopic (exact) mass is 397 g/mol. The second-order valence-electron chi connectivity index (χ2n) is 5.57. The Morgan fingerprint density at radius 3 is 2.52 bits per heavy atom. The van der Waals surface area contributed by atoms with Gasteiger partial charge in [-0.15, -0.1) is 0 Å². The normalized spacial score (nSPS) is 14.5. The molecule has 0 unspecified atom stereocenters. The van der Waals surface area contributed by atoms with E-state index in [1.807, 2.05) is 18.7 Å². The fourth-order valence-corrected chi connectivity index (χ4v) is 3.46. The van der Waals surface area contributed by atoms with Crippen molar-refractivity contribution in [2.75, 3.05) is 11.9 Å². The molecule has 112 valence electrons. The number of anilines is 1. The molecule has 2 heterocycles. The fourth-order valence-electron chi connectivity index (χ4n) is 2.59. The highest BCUT2D eigenvalue weighted by molar-refractivity contribution is 14.1. The maximum absolute atomic E-state index is 4.87. The van der Waals surface area contributed by atoms with Crippen LogP contribution in [0.15, 0.2) is 0 Å². The smallest absolute Gasteiger partial charge is 0.165 e. The molecule has 1 saturated carbocycles. The lowest BCUT2D eigenvalue weighted by Crippen LogP contribution is -2.08. The average Bonchev–Trinajstić information content (AvgIpc) is 3.22. The summed E-state index contributed by atoms with van der Waals surface area (Å²) in [5.74, 6) is 2.36. The molecular formula is C15H20IN5. The Balaban J connectivity index is 2.17. The van der Waals surface area contributed by atoms with E-state index in [9.17, 15) is 0 Å². The number of nitrogens with zero attached hydrogens (tertiary/aromatic N) is 4. The molecule has 3 rings (SSSR count). The summed E-state index contributed by atoms with van der Waals surface area (Å²) < 4.78 is 3.07. The minimum Gasteiger partial charge on any atom is -0.369 e. The van der Waals surface area contributed by atoms with Gasteiger partial charge in [0.25, 0.3) is 0 Å². The second kappa shape index (κ2) is 5.55. The molecule has 0 atom stereocenters. The fraction of sp³-hybridized carbons (Fsp3) is 0.533. The van der Waals surface area contributed by atoms with Gasteiger partial charge in [0.1, 0.15) is 5.82 Å². The molecule has 1 N–H and O–H groups in total. The number of hydrogen-bond acceptors (Lipinski definition) is 4. The minimum absolute atomic E-state index is 0.605. The first-order valence-electron chi connectivity index (χ1n) is 7.34. The van der Waals surface area contributed by atoms with E-state index in [0.29, 0.717) is 5.92 Å². The summed E-state index contributed by atoms with van der Waals surface area (Å²) in [6.45, 7) is 7.05. The van der Waals surface area contributed by atoms with Gasteiger partial charge >= 0.3 is 0 Å². The number of rotatable bonds is 4. The average molecular weight is 397 g/mol. The molecule has 1 fully saturated rings. The number of aryl methyl sites for hydroxylation is 2. The van der Waals surface area contributed by atoms with Crippen molar-refractivity contribution in [2.24, 2.45) is 7.05 Å². The zero-order valence-electron chi connectivity index (χ0n) is 12.9. The van der Waals surface area contributed by atoms with Crippen molar-refractivity contribution >= 4 is 28.4 Å². The van der Waals surface area contributed by atoms with Crippen LogP contribution in [0.25, 0.3) is 11.4 Å². The highest BCUT2D eigenvalue weighted by Gasteiger charge is 2.30. The van der Waals surface area contributed by atoms with E-state index in [0.717, 1.165) is 35.1 Å². The van der Waals surface area contributed by atoms with Crippen molar-refractivity contribution in [2.45, 2.75) is 39.5 Å². The predicted octanol–water partition coefficient (Wildman–Crippen LogP) is 3.41. The molecule has 21 heavy (non-hydrogen) atoms. The van der Waals surface area contributed by atoms with E-state index in [-0.39, 0.29) is 0 Å². The van der Waals surface area contributed by atoms with E-state index in [1.54, 1.807) is 0 Å². The second-order valence-corrected chi connectivity index (χ2v) is 6.65. The Morgan fingerprint density at radius 1 is 1.29 bits per heavy atom. The highest BCUT2D eigenvalue weighted by Crippen LogP contribution is 2.43. The van der Waals surface area contributed by atoms with Crippen LogP contribution in [0.1, 0.15) is 42.8 Å². The summed E-state index contributed by atoms with van der Waals surface area (Å²) in [5, 5.41) is 7.86. The molecule has 2 aromatic heterocycles. The third-order valence-corrected chi connectivity index (χ3v) is 4.98. The van der Waals surface area contributed by atoms with E-state index in [2.05, 4.69) is 46.9 Å². The molecule has 0 radical (unpaired) electrons. The molecule has 1 aliphatic carbocycles. The Morgan fingerprint density at radius 2 is 2.00 bits per heavy atom. The topological polar surface area (TPSA) is 55.6 Å². The Bertz CT molecular complexity index is 688. The number of halogens is 1. The largest absolute Gasteiger partial charge is 0.369 e. The predicted molar refractivity (Wildman–Crippen MR) is 92.6 cm³/mol. The minimum atomic E-state index is 0.605. The van der Waals surface area contributed by atoms with Gasteiger partial charge in [-0.2, -0.15) is 5.10 Å². The van der Waals surface area contributed by atoms with Gasteiger partial charge < -0.3 is 5.32 Å². The van der Waals surface area contributed by atoms with Crippen molar-refractivity contribution in [3.8, 4) is 11.4 Å². The number of hydrogen-bond donors (Lipinski definition) is 1. The molecule has 0 bridgehead atoms. The van der Waals surface area contributed by atoms with Crippen LogP contribution in [0.5, 0.6) is 0 Å². The van der Waals surface area contributed by atoms with Crippen molar-refractivity contribution < 1.29 is 0 Å². The van der Waals surface area contributed by atoms with E-state index in [1.165, 1.54) is 22.1 Å². The SMILES string of the molecule is CCNc1nc(-c2c(C)nn(C)c2C)nc(C2CC2)c1I. The molecular weight excluding hydrogens is 377 g/mol. The van der Waals surface area contributed by atoms with Gasteiger partial charge in [0, 0.05) is 25.2 Å². The molecule has 0 spiro atoms. The van der Waals surface area contributed by atoms with Crippen LogP contribution in [0.2, 0.25) is 0 Å². The van der Waals surface area contributed by atoms with Crippen LogP contribution in [0, 0.1) is 17.4 Å². The summed E-state index contributed by atoms with van der Waals surface area (Å²) in [4.78, 5) is 9.63. The molecule has 0 saturated heterocycles. The van der Waals surface area contributed by atoms with Gasteiger partial charge in [-0.3, -0.25) is 4.68 Å². The lowest BCUT2D eigenvalue weighted by Gasteiger charge is -2.12. The number of nitrogens with one attached hydrogen (secondary N) is 1. The first-order chi connectivity index (χ1) is 10.0.